The molecule has 1 amide bonds. The predicted molar refractivity (Wildman–Crippen MR) is 125 cm³/mol. The molecule has 9 heteroatoms. The van der Waals surface area contributed by atoms with E-state index in [2.05, 4.69) is 25.6 Å². The molecule has 1 aliphatic rings. The van der Waals surface area contributed by atoms with Gasteiger partial charge in [-0.2, -0.15) is 0 Å². The normalized spacial score (nSPS) is 14.3. The molecule has 3 heterocycles. The van der Waals surface area contributed by atoms with E-state index < -0.39 is 0 Å². The third-order valence-corrected chi connectivity index (χ3v) is 5.84. The molecule has 0 aliphatic carbocycles. The van der Waals surface area contributed by atoms with Gasteiger partial charge in [-0.05, 0) is 52.1 Å². The number of aryl methyl sites for hydroxylation is 1. The summed E-state index contributed by atoms with van der Waals surface area (Å²) in [6.45, 7) is 3.66. The molecular formula is C24H23N7O2. The Hall–Kier alpha value is -4.27. The van der Waals surface area contributed by atoms with Gasteiger partial charge in [0, 0.05) is 25.8 Å². The fourth-order valence-electron chi connectivity index (χ4n) is 3.89. The Kier molecular flexibility index (Phi) is 5.43. The van der Waals surface area contributed by atoms with E-state index in [1.54, 1.807) is 0 Å². The molecule has 0 spiro atoms. The molecule has 0 atom stereocenters. The van der Waals surface area contributed by atoms with Gasteiger partial charge in [-0.25, -0.2) is 9.62 Å². The first-order chi connectivity index (χ1) is 16.1. The average molecular weight is 441 g/mol. The summed E-state index contributed by atoms with van der Waals surface area (Å²) in [5.41, 5.74) is 6.37. The average Bonchev–Trinajstić information content (AvgIpc) is 3.46. The number of H-pyrrole nitrogens is 1. The van der Waals surface area contributed by atoms with Crippen LogP contribution in [-0.4, -0.2) is 51.4 Å². The molecule has 2 aromatic heterocycles. The minimum atomic E-state index is -0.108. The van der Waals surface area contributed by atoms with Crippen molar-refractivity contribution in [2.45, 2.75) is 13.5 Å². The Morgan fingerprint density at radius 1 is 1.18 bits per heavy atom. The lowest BCUT2D eigenvalue weighted by Crippen LogP contribution is -2.56. The number of aliphatic imine (C=N–C) groups is 1. The maximum atomic E-state index is 12.6. The Bertz CT molecular complexity index is 1330. The number of nitrogens with zero attached hydrogens (tertiary/aromatic N) is 4. The smallest absolute Gasteiger partial charge is 0.226 e. The molecule has 0 radical (unpaired) electrons. The van der Waals surface area contributed by atoms with Crippen LogP contribution >= 0.6 is 0 Å². The van der Waals surface area contributed by atoms with E-state index >= 15 is 0 Å². The Morgan fingerprint density at radius 2 is 1.97 bits per heavy atom. The van der Waals surface area contributed by atoms with Crippen molar-refractivity contribution < 1.29 is 9.42 Å². The number of carbonyl (C=O) groups excluding carboxylic acids is 1. The molecule has 2 aromatic carbocycles. The summed E-state index contributed by atoms with van der Waals surface area (Å²) in [5.74, 6) is 0.564. The number of aromatic amines is 1. The number of amidine groups is 1. The van der Waals surface area contributed by atoms with Crippen molar-refractivity contribution in [1.29, 1.82) is 5.41 Å². The first-order valence-electron chi connectivity index (χ1n) is 10.7. The lowest BCUT2D eigenvalue weighted by atomic mass is 9.98. The number of nitrogens with one attached hydrogen (secondary N) is 3. The standard InChI is InChI=1S/C24H23N7O2/c1-15-2-4-16(5-3-15)10-27-24(32)19-12-31(13-19)23(28-14-25)22-9-18(11-26-22)17-6-7-20-21(8-17)30-33-29-20/h2-9,11,14,19,25-26H,10,12-13H2,1H3,(H,27,32). The molecule has 3 N–H and O–H groups in total. The van der Waals surface area contributed by atoms with Gasteiger partial charge in [0.1, 0.15) is 17.4 Å². The molecule has 33 heavy (non-hydrogen) atoms. The van der Waals surface area contributed by atoms with Gasteiger partial charge < -0.3 is 15.2 Å². The summed E-state index contributed by atoms with van der Waals surface area (Å²) >= 11 is 0. The molecule has 0 bridgehead atoms. The topological polar surface area (TPSA) is 123 Å². The summed E-state index contributed by atoms with van der Waals surface area (Å²) in [5, 5.41) is 18.2. The van der Waals surface area contributed by atoms with Crippen molar-refractivity contribution >= 4 is 29.1 Å². The van der Waals surface area contributed by atoms with Crippen LogP contribution in [-0.2, 0) is 11.3 Å². The van der Waals surface area contributed by atoms with Crippen LogP contribution in [0.4, 0.5) is 0 Å². The first-order valence-corrected chi connectivity index (χ1v) is 10.7. The third kappa shape index (κ3) is 4.25. The van der Waals surface area contributed by atoms with Crippen LogP contribution in [0.2, 0.25) is 0 Å². The van der Waals surface area contributed by atoms with Gasteiger partial charge in [-0.15, -0.1) is 0 Å². The second-order valence-corrected chi connectivity index (χ2v) is 8.16. The lowest BCUT2D eigenvalue weighted by molar-refractivity contribution is -0.128. The van der Waals surface area contributed by atoms with Crippen LogP contribution in [0.3, 0.4) is 0 Å². The second kappa shape index (κ2) is 8.70. The lowest BCUT2D eigenvalue weighted by Gasteiger charge is -2.40. The molecule has 5 rings (SSSR count). The summed E-state index contributed by atoms with van der Waals surface area (Å²) in [7, 11) is 0. The third-order valence-electron chi connectivity index (χ3n) is 5.84. The van der Waals surface area contributed by atoms with Crippen LogP contribution < -0.4 is 5.32 Å². The van der Waals surface area contributed by atoms with Gasteiger partial charge in [0.2, 0.25) is 5.91 Å². The van der Waals surface area contributed by atoms with Gasteiger partial charge >= 0.3 is 0 Å². The quantitative estimate of drug-likeness (QED) is 0.313. The van der Waals surface area contributed by atoms with Crippen molar-refractivity contribution in [1.82, 2.24) is 25.5 Å². The zero-order valence-corrected chi connectivity index (χ0v) is 18.1. The largest absolute Gasteiger partial charge is 0.358 e. The predicted octanol–water partition coefficient (Wildman–Crippen LogP) is 3.13. The number of fused-ring (bicyclic) bond motifs is 1. The molecule has 1 saturated heterocycles. The van der Waals surface area contributed by atoms with Crippen LogP contribution in [0.1, 0.15) is 16.8 Å². The van der Waals surface area contributed by atoms with E-state index in [0.29, 0.717) is 36.5 Å². The molecule has 0 saturated carbocycles. The minimum absolute atomic E-state index is 0.0303. The number of aromatic nitrogens is 3. The Labute approximate surface area is 190 Å². The highest BCUT2D eigenvalue weighted by Crippen LogP contribution is 2.26. The van der Waals surface area contributed by atoms with Crippen molar-refractivity contribution in [2.75, 3.05) is 13.1 Å². The monoisotopic (exact) mass is 441 g/mol. The summed E-state index contributed by atoms with van der Waals surface area (Å²) in [6.07, 6.45) is 2.91. The zero-order chi connectivity index (χ0) is 22.8. The van der Waals surface area contributed by atoms with E-state index in [-0.39, 0.29) is 11.8 Å². The number of benzene rings is 2. The fourth-order valence-corrected chi connectivity index (χ4v) is 3.89. The maximum Gasteiger partial charge on any atom is 0.226 e. The van der Waals surface area contributed by atoms with Crippen LogP contribution in [0.15, 0.2) is 64.3 Å². The minimum Gasteiger partial charge on any atom is -0.358 e. The molecular weight excluding hydrogens is 418 g/mol. The number of likely N-dealkylation sites (tertiary alicyclic amines) is 1. The van der Waals surface area contributed by atoms with E-state index in [1.165, 1.54) is 5.56 Å². The summed E-state index contributed by atoms with van der Waals surface area (Å²) < 4.78 is 4.77. The van der Waals surface area contributed by atoms with Gasteiger partial charge in [0.15, 0.2) is 5.84 Å². The van der Waals surface area contributed by atoms with Crippen LogP contribution in [0.5, 0.6) is 0 Å². The zero-order valence-electron chi connectivity index (χ0n) is 18.1. The van der Waals surface area contributed by atoms with Gasteiger partial charge in [-0.1, -0.05) is 35.9 Å². The van der Waals surface area contributed by atoms with Crippen molar-refractivity contribution in [3.8, 4) is 11.1 Å². The van der Waals surface area contributed by atoms with E-state index in [0.717, 1.165) is 28.7 Å². The van der Waals surface area contributed by atoms with Gasteiger partial charge in [0.05, 0.1) is 11.6 Å². The molecule has 0 unspecified atom stereocenters. The second-order valence-electron chi connectivity index (χ2n) is 8.16. The van der Waals surface area contributed by atoms with Crippen molar-refractivity contribution in [2.24, 2.45) is 10.9 Å². The molecule has 166 valence electrons. The molecule has 4 aromatic rings. The Morgan fingerprint density at radius 3 is 2.76 bits per heavy atom. The van der Waals surface area contributed by atoms with Crippen LogP contribution in [0, 0.1) is 18.3 Å². The van der Waals surface area contributed by atoms with E-state index in [9.17, 15) is 4.79 Å². The fraction of sp³-hybridized carbons (Fsp3) is 0.208. The number of hydrogen-bond acceptors (Lipinski definition) is 5. The number of amides is 1. The number of carbonyl (C=O) groups is 1. The first kappa shape index (κ1) is 20.6. The molecule has 9 nitrogen and oxygen atoms in total. The highest BCUT2D eigenvalue weighted by Gasteiger charge is 2.35. The van der Waals surface area contributed by atoms with Gasteiger partial charge in [0.25, 0.3) is 0 Å². The van der Waals surface area contributed by atoms with Crippen molar-refractivity contribution in [3.05, 3.63) is 71.5 Å². The number of rotatable bonds is 6. The van der Waals surface area contributed by atoms with E-state index in [4.69, 9.17) is 10.0 Å². The number of hydrogen-bond donors (Lipinski definition) is 3. The highest BCUT2D eigenvalue weighted by molar-refractivity contribution is 6.03. The highest BCUT2D eigenvalue weighted by atomic mass is 16.6. The van der Waals surface area contributed by atoms with Gasteiger partial charge in [-0.3, -0.25) is 10.2 Å². The maximum absolute atomic E-state index is 12.6. The summed E-state index contributed by atoms with van der Waals surface area (Å²) in [6, 6.07) is 15.8. The molecule has 1 fully saturated rings. The van der Waals surface area contributed by atoms with Crippen LogP contribution in [0.25, 0.3) is 22.2 Å². The van der Waals surface area contributed by atoms with E-state index in [1.807, 2.05) is 66.6 Å². The summed E-state index contributed by atoms with van der Waals surface area (Å²) in [4.78, 5) is 22.0. The SMILES string of the molecule is Cc1ccc(CNC(=O)C2CN(C(=NC=N)c3cc(-c4ccc5nonc5c4)c[nH]3)C2)cc1. The Balaban J connectivity index is 1.23. The molecule has 1 aliphatic heterocycles. The van der Waals surface area contributed by atoms with Crippen molar-refractivity contribution in [3.63, 3.8) is 0 Å².